The Bertz CT molecular complexity index is 551. The molecule has 1 heterocycles. The van der Waals surface area contributed by atoms with Crippen LogP contribution in [0.1, 0.15) is 19.4 Å². The maximum atomic E-state index is 11.5. The van der Waals surface area contributed by atoms with Crippen molar-refractivity contribution in [2.75, 3.05) is 0 Å². The van der Waals surface area contributed by atoms with E-state index in [4.69, 9.17) is 4.42 Å². The number of aliphatic hydroxyl groups is 1. The lowest BCUT2D eigenvalue weighted by Gasteiger charge is -2.04. The van der Waals surface area contributed by atoms with Gasteiger partial charge in [0.25, 0.3) is 0 Å². The topological polar surface area (TPSA) is 55.4 Å². The summed E-state index contributed by atoms with van der Waals surface area (Å²) in [5.74, 6) is -0.327. The van der Waals surface area contributed by atoms with Gasteiger partial charge in [0.1, 0.15) is 0 Å². The van der Waals surface area contributed by atoms with Gasteiger partial charge in [-0.3, -0.25) is 4.57 Å². The van der Waals surface area contributed by atoms with Crippen LogP contribution >= 0.6 is 0 Å². The number of oxazole rings is 1. The van der Waals surface area contributed by atoms with Crippen molar-refractivity contribution in [1.82, 2.24) is 4.57 Å². The molecule has 2 rings (SSSR count). The van der Waals surface area contributed by atoms with Gasteiger partial charge in [-0.2, -0.15) is 0 Å². The Hall–Kier alpha value is -1.55. The summed E-state index contributed by atoms with van der Waals surface area (Å²) in [4.78, 5) is 11.5. The summed E-state index contributed by atoms with van der Waals surface area (Å²) in [6.45, 7) is 4.23. The van der Waals surface area contributed by atoms with Crippen LogP contribution in [0.5, 0.6) is 0 Å². The number of rotatable bonds is 3. The first-order chi connectivity index (χ1) is 7.61. The van der Waals surface area contributed by atoms with E-state index in [2.05, 4.69) is 0 Å². The third kappa shape index (κ3) is 1.88. The highest BCUT2D eigenvalue weighted by Gasteiger charge is 2.08. The van der Waals surface area contributed by atoms with Crippen molar-refractivity contribution in [3.05, 3.63) is 34.3 Å². The number of nitrogens with zero attached hydrogens (tertiary/aromatic N) is 1. The number of benzene rings is 1. The first kappa shape index (κ1) is 11.0. The van der Waals surface area contributed by atoms with E-state index in [1.807, 2.05) is 19.1 Å². The van der Waals surface area contributed by atoms with Gasteiger partial charge in [-0.25, -0.2) is 4.79 Å². The van der Waals surface area contributed by atoms with E-state index >= 15 is 0 Å². The zero-order chi connectivity index (χ0) is 11.7. The molecule has 1 unspecified atom stereocenters. The van der Waals surface area contributed by atoms with Crippen molar-refractivity contribution < 1.29 is 9.52 Å². The first-order valence-electron chi connectivity index (χ1n) is 5.42. The minimum atomic E-state index is -0.383. The van der Waals surface area contributed by atoms with Crippen molar-refractivity contribution in [3.8, 4) is 0 Å². The molecule has 0 aliphatic heterocycles. The van der Waals surface area contributed by atoms with Crippen LogP contribution in [0.25, 0.3) is 11.1 Å². The van der Waals surface area contributed by atoms with E-state index in [0.717, 1.165) is 11.1 Å². The summed E-state index contributed by atoms with van der Waals surface area (Å²) in [5.41, 5.74) is 2.40. The molecule has 0 saturated heterocycles. The second-order valence-electron chi connectivity index (χ2n) is 3.97. The predicted octanol–water partition coefficient (Wildman–Crippen LogP) is 1.54. The van der Waals surface area contributed by atoms with Crippen molar-refractivity contribution in [1.29, 1.82) is 0 Å². The lowest BCUT2D eigenvalue weighted by molar-refractivity contribution is 0.195. The van der Waals surface area contributed by atoms with Crippen molar-refractivity contribution in [2.24, 2.45) is 0 Å². The number of aliphatic hydroxyl groups excluding tert-OH is 1. The maximum absolute atomic E-state index is 11.5. The standard InChI is InChI=1S/C12H15NO3/c1-3-13-10-7-9(6-8(2)14)4-5-11(10)16-12(13)15/h4-5,7-8,14H,3,6H2,1-2H3. The monoisotopic (exact) mass is 221 g/mol. The Morgan fingerprint density at radius 3 is 2.88 bits per heavy atom. The van der Waals surface area contributed by atoms with Gasteiger partial charge in [-0.1, -0.05) is 6.07 Å². The Kier molecular flexibility index (Phi) is 2.83. The molecule has 0 radical (unpaired) electrons. The lowest BCUT2D eigenvalue weighted by Crippen LogP contribution is -2.12. The fraction of sp³-hybridized carbons (Fsp3) is 0.417. The zero-order valence-corrected chi connectivity index (χ0v) is 9.43. The van der Waals surface area contributed by atoms with Crippen LogP contribution in [0.4, 0.5) is 0 Å². The fourth-order valence-electron chi connectivity index (χ4n) is 1.88. The SMILES string of the molecule is CCn1c(=O)oc2ccc(CC(C)O)cc21. The molecule has 0 bridgehead atoms. The molecule has 0 aliphatic carbocycles. The van der Waals surface area contributed by atoms with Crippen LogP contribution in [0, 0.1) is 0 Å². The third-order valence-electron chi connectivity index (χ3n) is 2.58. The molecule has 4 heteroatoms. The zero-order valence-electron chi connectivity index (χ0n) is 9.43. The molecule has 0 fully saturated rings. The van der Waals surface area contributed by atoms with Gasteiger partial charge < -0.3 is 9.52 Å². The molecule has 16 heavy (non-hydrogen) atoms. The molecule has 0 aliphatic rings. The number of hydrogen-bond acceptors (Lipinski definition) is 3. The van der Waals surface area contributed by atoms with Gasteiger partial charge in [0.15, 0.2) is 5.58 Å². The van der Waals surface area contributed by atoms with Crippen molar-refractivity contribution in [2.45, 2.75) is 32.9 Å². The Morgan fingerprint density at radius 2 is 2.25 bits per heavy atom. The van der Waals surface area contributed by atoms with Crippen molar-refractivity contribution >= 4 is 11.1 Å². The smallest absolute Gasteiger partial charge is 0.408 e. The highest BCUT2D eigenvalue weighted by Crippen LogP contribution is 2.16. The van der Waals surface area contributed by atoms with E-state index in [0.29, 0.717) is 18.5 Å². The van der Waals surface area contributed by atoms with Crippen LogP contribution in [-0.4, -0.2) is 15.8 Å². The third-order valence-corrected chi connectivity index (χ3v) is 2.58. The molecule has 1 N–H and O–H groups in total. The number of fused-ring (bicyclic) bond motifs is 1. The summed E-state index contributed by atoms with van der Waals surface area (Å²) >= 11 is 0. The minimum Gasteiger partial charge on any atom is -0.408 e. The molecular formula is C12H15NO3. The molecule has 1 aromatic carbocycles. The summed E-state index contributed by atoms with van der Waals surface area (Å²) in [6, 6.07) is 5.55. The van der Waals surface area contributed by atoms with Crippen LogP contribution < -0.4 is 5.76 Å². The quantitative estimate of drug-likeness (QED) is 0.855. The number of aromatic nitrogens is 1. The van der Waals surface area contributed by atoms with Gasteiger partial charge in [0.05, 0.1) is 11.6 Å². The van der Waals surface area contributed by atoms with Gasteiger partial charge in [-0.15, -0.1) is 0 Å². The molecule has 2 aromatic rings. The van der Waals surface area contributed by atoms with Gasteiger partial charge >= 0.3 is 5.76 Å². The summed E-state index contributed by atoms with van der Waals surface area (Å²) < 4.78 is 6.68. The molecule has 1 atom stereocenters. The number of hydrogen-bond donors (Lipinski definition) is 1. The van der Waals surface area contributed by atoms with E-state index in [1.54, 1.807) is 17.6 Å². The summed E-state index contributed by atoms with van der Waals surface area (Å²) in [6.07, 6.45) is 0.199. The average molecular weight is 221 g/mol. The molecule has 4 nitrogen and oxygen atoms in total. The predicted molar refractivity (Wildman–Crippen MR) is 61.5 cm³/mol. The molecule has 1 aromatic heterocycles. The minimum absolute atomic E-state index is 0.327. The lowest BCUT2D eigenvalue weighted by atomic mass is 10.1. The van der Waals surface area contributed by atoms with E-state index < -0.39 is 0 Å². The second-order valence-corrected chi connectivity index (χ2v) is 3.97. The van der Waals surface area contributed by atoms with Crippen LogP contribution in [0.2, 0.25) is 0 Å². The Morgan fingerprint density at radius 1 is 1.50 bits per heavy atom. The number of aryl methyl sites for hydroxylation is 1. The molecule has 86 valence electrons. The molecule has 0 spiro atoms. The Balaban J connectivity index is 2.55. The van der Waals surface area contributed by atoms with Gasteiger partial charge in [-0.05, 0) is 38.0 Å². The molecule has 0 saturated carbocycles. The van der Waals surface area contributed by atoms with Gasteiger partial charge in [0.2, 0.25) is 0 Å². The van der Waals surface area contributed by atoms with Crippen LogP contribution in [0.15, 0.2) is 27.4 Å². The second kappa shape index (κ2) is 4.14. The van der Waals surface area contributed by atoms with Crippen LogP contribution in [0.3, 0.4) is 0 Å². The summed E-state index contributed by atoms with van der Waals surface area (Å²) in [7, 11) is 0. The average Bonchev–Trinajstić information content (AvgIpc) is 2.52. The van der Waals surface area contributed by atoms with Gasteiger partial charge in [0, 0.05) is 6.54 Å². The Labute approximate surface area is 93.1 Å². The van der Waals surface area contributed by atoms with E-state index in [-0.39, 0.29) is 11.9 Å². The summed E-state index contributed by atoms with van der Waals surface area (Å²) in [5, 5.41) is 9.32. The van der Waals surface area contributed by atoms with Crippen LogP contribution in [-0.2, 0) is 13.0 Å². The van der Waals surface area contributed by atoms with E-state index in [1.165, 1.54) is 0 Å². The molecule has 0 amide bonds. The maximum Gasteiger partial charge on any atom is 0.419 e. The van der Waals surface area contributed by atoms with Crippen molar-refractivity contribution in [3.63, 3.8) is 0 Å². The highest BCUT2D eigenvalue weighted by molar-refractivity contribution is 5.73. The molecular weight excluding hydrogens is 206 g/mol. The highest BCUT2D eigenvalue weighted by atomic mass is 16.4. The largest absolute Gasteiger partial charge is 0.419 e. The normalized spacial score (nSPS) is 13.2. The first-order valence-corrected chi connectivity index (χ1v) is 5.42. The van der Waals surface area contributed by atoms with E-state index in [9.17, 15) is 9.90 Å². The fourth-order valence-corrected chi connectivity index (χ4v) is 1.88.